The van der Waals surface area contributed by atoms with E-state index in [0.717, 1.165) is 11.6 Å². The third kappa shape index (κ3) is 4.64. The van der Waals surface area contributed by atoms with E-state index in [4.69, 9.17) is 4.74 Å². The van der Waals surface area contributed by atoms with Gasteiger partial charge in [0.2, 0.25) is 5.91 Å². The van der Waals surface area contributed by atoms with Gasteiger partial charge in [-0.15, -0.1) is 0 Å². The predicted molar refractivity (Wildman–Crippen MR) is 89.4 cm³/mol. The molecule has 0 spiro atoms. The van der Waals surface area contributed by atoms with Crippen molar-refractivity contribution in [3.8, 4) is 11.8 Å². The number of rotatable bonds is 6. The zero-order valence-corrected chi connectivity index (χ0v) is 13.9. The number of Topliss-reactive ketones (excluding diaryl/α,β-unsaturated/α-hetero) is 1. The molecule has 1 atom stereocenters. The van der Waals surface area contributed by atoms with Gasteiger partial charge in [0.05, 0.1) is 13.2 Å². The summed E-state index contributed by atoms with van der Waals surface area (Å²) in [4.78, 5) is 24.5. The predicted octanol–water partition coefficient (Wildman–Crippen LogP) is 2.78. The van der Waals surface area contributed by atoms with E-state index in [1.807, 2.05) is 0 Å². The van der Waals surface area contributed by atoms with Crippen LogP contribution in [0.5, 0.6) is 5.75 Å². The van der Waals surface area contributed by atoms with Crippen molar-refractivity contribution in [2.24, 2.45) is 5.92 Å². The summed E-state index contributed by atoms with van der Waals surface area (Å²) < 4.78 is 18.5. The first-order valence-electron chi connectivity index (χ1n) is 7.56. The molecule has 0 saturated heterocycles. The van der Waals surface area contributed by atoms with E-state index >= 15 is 0 Å². The molecule has 128 valence electrons. The largest absolute Gasteiger partial charge is 0.497 e. The number of carbonyl (C=O) groups is 2. The summed E-state index contributed by atoms with van der Waals surface area (Å²) in [6, 6.07) is 12.4. The lowest BCUT2D eigenvalue weighted by Gasteiger charge is -2.11. The monoisotopic (exact) mass is 340 g/mol. The van der Waals surface area contributed by atoms with Gasteiger partial charge in [-0.1, -0.05) is 12.1 Å². The van der Waals surface area contributed by atoms with E-state index in [2.05, 4.69) is 5.32 Å². The second-order valence-electron chi connectivity index (χ2n) is 5.51. The number of methoxy groups -OCH3 is 1. The van der Waals surface area contributed by atoms with Crippen molar-refractivity contribution in [2.45, 2.75) is 13.5 Å². The number of hydrogen-bond donors (Lipinski definition) is 1. The van der Waals surface area contributed by atoms with Gasteiger partial charge in [0, 0.05) is 12.1 Å². The molecule has 5 nitrogen and oxygen atoms in total. The average Bonchev–Trinajstić information content (AvgIpc) is 2.60. The zero-order valence-electron chi connectivity index (χ0n) is 13.9. The van der Waals surface area contributed by atoms with Crippen LogP contribution >= 0.6 is 0 Å². The topological polar surface area (TPSA) is 79.2 Å². The van der Waals surface area contributed by atoms with E-state index in [-0.39, 0.29) is 12.1 Å². The number of carbonyl (C=O) groups excluding carboxylic acids is 2. The molecule has 1 unspecified atom stereocenters. The molecule has 25 heavy (non-hydrogen) atoms. The Bertz CT molecular complexity index is 805. The summed E-state index contributed by atoms with van der Waals surface area (Å²) in [5.41, 5.74) is 1.34. The number of aryl methyl sites for hydroxylation is 1. The number of ketones is 1. The van der Waals surface area contributed by atoms with Gasteiger partial charge in [-0.2, -0.15) is 5.26 Å². The molecule has 1 N–H and O–H groups in total. The average molecular weight is 340 g/mol. The van der Waals surface area contributed by atoms with Crippen molar-refractivity contribution in [3.05, 3.63) is 65.0 Å². The molecule has 6 heteroatoms. The summed E-state index contributed by atoms with van der Waals surface area (Å²) in [5.74, 6) is -2.87. The second-order valence-corrected chi connectivity index (χ2v) is 5.51. The van der Waals surface area contributed by atoms with Gasteiger partial charge < -0.3 is 10.1 Å². The first-order valence-corrected chi connectivity index (χ1v) is 7.56. The van der Waals surface area contributed by atoms with Crippen molar-refractivity contribution in [1.82, 2.24) is 5.32 Å². The molecular formula is C19H17FN2O3. The number of nitrogens with one attached hydrogen (secondary N) is 1. The third-order valence-electron chi connectivity index (χ3n) is 3.61. The first kappa shape index (κ1) is 18.1. The van der Waals surface area contributed by atoms with Crippen LogP contribution in [-0.4, -0.2) is 18.8 Å². The summed E-state index contributed by atoms with van der Waals surface area (Å²) >= 11 is 0. The minimum atomic E-state index is -1.53. The number of ether oxygens (including phenoxy) is 1. The van der Waals surface area contributed by atoms with Gasteiger partial charge in [0.1, 0.15) is 11.6 Å². The fraction of sp³-hybridized carbons (Fsp3) is 0.211. The lowest BCUT2D eigenvalue weighted by atomic mass is 9.96. The van der Waals surface area contributed by atoms with Crippen LogP contribution in [0.3, 0.4) is 0 Å². The Labute approximate surface area is 145 Å². The van der Waals surface area contributed by atoms with E-state index in [9.17, 15) is 19.2 Å². The van der Waals surface area contributed by atoms with Crippen LogP contribution in [0.2, 0.25) is 0 Å². The number of benzene rings is 2. The molecule has 0 bridgehead atoms. The molecule has 0 heterocycles. The molecule has 2 aromatic carbocycles. The zero-order chi connectivity index (χ0) is 18.4. The highest BCUT2D eigenvalue weighted by Gasteiger charge is 2.27. The Balaban J connectivity index is 2.07. The van der Waals surface area contributed by atoms with Crippen molar-refractivity contribution < 1.29 is 18.7 Å². The van der Waals surface area contributed by atoms with E-state index in [0.29, 0.717) is 11.3 Å². The van der Waals surface area contributed by atoms with E-state index < -0.39 is 23.4 Å². The molecule has 0 aliphatic rings. The highest BCUT2D eigenvalue weighted by Crippen LogP contribution is 2.15. The number of halogens is 1. The summed E-state index contributed by atoms with van der Waals surface area (Å²) in [6.07, 6.45) is 0. The molecule has 2 rings (SSSR count). The lowest BCUT2D eigenvalue weighted by molar-refractivity contribution is -0.122. The van der Waals surface area contributed by atoms with Crippen molar-refractivity contribution in [3.63, 3.8) is 0 Å². The smallest absolute Gasteiger partial charge is 0.245 e. The molecule has 2 aromatic rings. The second kappa shape index (κ2) is 8.06. The minimum Gasteiger partial charge on any atom is -0.497 e. The van der Waals surface area contributed by atoms with E-state index in [1.54, 1.807) is 44.4 Å². The van der Waals surface area contributed by atoms with Gasteiger partial charge in [0.25, 0.3) is 0 Å². The Morgan fingerprint density at radius 3 is 2.48 bits per heavy atom. The molecule has 0 aliphatic heterocycles. The maximum atomic E-state index is 13.4. The standard InChI is InChI=1S/C19H17FN2O3/c1-12-7-14(9-15(20)8-12)18(23)17(10-21)19(24)22-11-13-3-5-16(25-2)6-4-13/h3-9,17H,11H2,1-2H3,(H,22,24). The molecule has 0 saturated carbocycles. The summed E-state index contributed by atoms with van der Waals surface area (Å²) in [5, 5.41) is 11.7. The molecular weight excluding hydrogens is 323 g/mol. The number of amides is 1. The Kier molecular flexibility index (Phi) is 5.85. The van der Waals surface area contributed by atoms with Crippen LogP contribution in [0.4, 0.5) is 4.39 Å². The van der Waals surface area contributed by atoms with Crippen LogP contribution in [0.15, 0.2) is 42.5 Å². The maximum Gasteiger partial charge on any atom is 0.245 e. The van der Waals surface area contributed by atoms with E-state index in [1.165, 1.54) is 12.1 Å². The maximum absolute atomic E-state index is 13.4. The molecule has 0 aliphatic carbocycles. The molecule has 0 aromatic heterocycles. The SMILES string of the molecule is COc1ccc(CNC(=O)C(C#N)C(=O)c2cc(C)cc(F)c2)cc1. The van der Waals surface area contributed by atoms with Crippen LogP contribution in [0, 0.1) is 30.0 Å². The molecule has 1 amide bonds. The number of nitrogens with zero attached hydrogens (tertiary/aromatic N) is 1. The van der Waals surface area contributed by atoms with Gasteiger partial charge in [-0.3, -0.25) is 9.59 Å². The van der Waals surface area contributed by atoms with Crippen LogP contribution in [0.1, 0.15) is 21.5 Å². The highest BCUT2D eigenvalue weighted by molar-refractivity contribution is 6.12. The normalized spacial score (nSPS) is 11.3. The van der Waals surface area contributed by atoms with Crippen LogP contribution < -0.4 is 10.1 Å². The van der Waals surface area contributed by atoms with Gasteiger partial charge in [-0.25, -0.2) is 4.39 Å². The van der Waals surface area contributed by atoms with Crippen molar-refractivity contribution in [1.29, 1.82) is 5.26 Å². The van der Waals surface area contributed by atoms with Crippen molar-refractivity contribution in [2.75, 3.05) is 7.11 Å². The van der Waals surface area contributed by atoms with Gasteiger partial charge in [-0.05, 0) is 48.4 Å². The Morgan fingerprint density at radius 1 is 1.24 bits per heavy atom. The third-order valence-corrected chi connectivity index (χ3v) is 3.61. The van der Waals surface area contributed by atoms with Crippen LogP contribution in [-0.2, 0) is 11.3 Å². The lowest BCUT2D eigenvalue weighted by Crippen LogP contribution is -2.34. The molecule has 0 fully saturated rings. The summed E-state index contributed by atoms with van der Waals surface area (Å²) in [6.45, 7) is 1.79. The fourth-order valence-electron chi connectivity index (χ4n) is 2.32. The quantitative estimate of drug-likeness (QED) is 0.648. The highest BCUT2D eigenvalue weighted by atomic mass is 19.1. The van der Waals surface area contributed by atoms with Gasteiger partial charge >= 0.3 is 0 Å². The minimum absolute atomic E-state index is 0.00338. The number of hydrogen-bond acceptors (Lipinski definition) is 4. The Morgan fingerprint density at radius 2 is 1.92 bits per heavy atom. The van der Waals surface area contributed by atoms with Crippen LogP contribution in [0.25, 0.3) is 0 Å². The molecule has 0 radical (unpaired) electrons. The van der Waals surface area contributed by atoms with Gasteiger partial charge in [0.15, 0.2) is 11.7 Å². The first-order chi connectivity index (χ1) is 11.9. The fourth-order valence-corrected chi connectivity index (χ4v) is 2.32. The number of nitriles is 1. The summed E-state index contributed by atoms with van der Waals surface area (Å²) in [7, 11) is 1.55. The Hall–Kier alpha value is -3.20. The van der Waals surface area contributed by atoms with Crippen molar-refractivity contribution >= 4 is 11.7 Å².